The van der Waals surface area contributed by atoms with Crippen LogP contribution in [0.3, 0.4) is 0 Å². The molecule has 130 valence electrons. The van der Waals surface area contributed by atoms with E-state index >= 15 is 0 Å². The molecule has 0 bridgehead atoms. The number of fused-ring (bicyclic) bond motifs is 2. The van der Waals surface area contributed by atoms with Gasteiger partial charge in [-0.05, 0) is 28.8 Å². The summed E-state index contributed by atoms with van der Waals surface area (Å²) in [5.41, 5.74) is 3.12. The van der Waals surface area contributed by atoms with Gasteiger partial charge in [0.25, 0.3) is 0 Å². The maximum atomic E-state index is 10.9. The second kappa shape index (κ2) is 5.74. The lowest BCUT2D eigenvalue weighted by Gasteiger charge is -2.49. The van der Waals surface area contributed by atoms with Gasteiger partial charge in [-0.15, -0.1) is 0 Å². The molecule has 24 heavy (non-hydrogen) atoms. The maximum absolute atomic E-state index is 10.9. The van der Waals surface area contributed by atoms with Gasteiger partial charge in [-0.2, -0.15) is 0 Å². The minimum Gasteiger partial charge on any atom is -0.493 e. The summed E-state index contributed by atoms with van der Waals surface area (Å²) in [6.07, 6.45) is -0.111. The lowest BCUT2D eigenvalue weighted by atomic mass is 9.70. The van der Waals surface area contributed by atoms with Gasteiger partial charge in [-0.1, -0.05) is 6.08 Å². The Bertz CT molecular complexity index is 688. The Labute approximate surface area is 141 Å². The first-order valence-corrected chi connectivity index (χ1v) is 8.18. The Morgan fingerprint density at radius 2 is 1.79 bits per heavy atom. The number of benzene rings is 1. The number of rotatable bonds is 3. The maximum Gasteiger partial charge on any atom is 0.161 e. The first kappa shape index (κ1) is 15.9. The Balaban J connectivity index is 1.85. The standard InChI is InChI=1S/C18H23NO5/c1-22-12-6-9-8-19-5-4-10-15(19)14(11(9)7-13(12)23-2)17(21)18(24-3)16(10)20/h4,6-7,14-18,20-21H,5,8H2,1-3H3. The predicted molar refractivity (Wildman–Crippen MR) is 87.4 cm³/mol. The van der Waals surface area contributed by atoms with E-state index in [-0.39, 0.29) is 12.0 Å². The Morgan fingerprint density at radius 3 is 2.46 bits per heavy atom. The van der Waals surface area contributed by atoms with E-state index in [2.05, 4.69) is 11.0 Å². The summed E-state index contributed by atoms with van der Waals surface area (Å²) in [5, 5.41) is 21.5. The highest BCUT2D eigenvalue weighted by atomic mass is 16.5. The third-order valence-corrected chi connectivity index (χ3v) is 5.64. The van der Waals surface area contributed by atoms with Gasteiger partial charge < -0.3 is 24.4 Å². The van der Waals surface area contributed by atoms with Crippen LogP contribution in [0, 0.1) is 0 Å². The van der Waals surface area contributed by atoms with Gasteiger partial charge in [0.2, 0.25) is 0 Å². The number of hydrogen-bond donors (Lipinski definition) is 2. The molecule has 4 rings (SSSR count). The third-order valence-electron chi connectivity index (χ3n) is 5.64. The van der Waals surface area contributed by atoms with E-state index in [1.165, 1.54) is 7.11 Å². The van der Waals surface area contributed by atoms with Crippen molar-refractivity contribution in [3.63, 3.8) is 0 Å². The van der Waals surface area contributed by atoms with E-state index in [1.54, 1.807) is 14.2 Å². The lowest BCUT2D eigenvalue weighted by molar-refractivity contribution is -0.108. The normalized spacial score (nSPS) is 34.4. The molecule has 1 saturated carbocycles. The molecule has 0 saturated heterocycles. The molecule has 2 aliphatic heterocycles. The number of aliphatic hydroxyl groups excluding tert-OH is 2. The zero-order valence-corrected chi connectivity index (χ0v) is 14.1. The second-order valence-corrected chi connectivity index (χ2v) is 6.65. The minimum atomic E-state index is -0.787. The highest BCUT2D eigenvalue weighted by Crippen LogP contribution is 2.49. The summed E-state index contributed by atoms with van der Waals surface area (Å²) in [4.78, 5) is 2.28. The topological polar surface area (TPSA) is 71.4 Å². The molecule has 1 aromatic carbocycles. The third kappa shape index (κ3) is 2.04. The van der Waals surface area contributed by atoms with Crippen molar-refractivity contribution >= 4 is 0 Å². The second-order valence-electron chi connectivity index (χ2n) is 6.65. The summed E-state index contributed by atoms with van der Waals surface area (Å²) in [5.74, 6) is 1.19. The fraction of sp³-hybridized carbons (Fsp3) is 0.556. The molecule has 0 aromatic heterocycles. The lowest BCUT2D eigenvalue weighted by Crippen LogP contribution is -2.58. The molecule has 5 atom stereocenters. The molecule has 0 spiro atoms. The first-order chi connectivity index (χ1) is 11.6. The summed E-state index contributed by atoms with van der Waals surface area (Å²) < 4.78 is 16.3. The van der Waals surface area contributed by atoms with Crippen LogP contribution in [0.2, 0.25) is 0 Å². The van der Waals surface area contributed by atoms with Crippen LogP contribution < -0.4 is 9.47 Å². The van der Waals surface area contributed by atoms with Crippen LogP contribution in [-0.4, -0.2) is 67.3 Å². The first-order valence-electron chi connectivity index (χ1n) is 8.18. The Hall–Kier alpha value is -1.60. The van der Waals surface area contributed by atoms with E-state index in [4.69, 9.17) is 14.2 Å². The van der Waals surface area contributed by atoms with Crippen molar-refractivity contribution in [2.45, 2.75) is 36.8 Å². The van der Waals surface area contributed by atoms with Crippen LogP contribution in [0.4, 0.5) is 0 Å². The smallest absolute Gasteiger partial charge is 0.161 e. The minimum absolute atomic E-state index is 0.00648. The van der Waals surface area contributed by atoms with Crippen molar-refractivity contribution in [3.05, 3.63) is 34.9 Å². The van der Waals surface area contributed by atoms with Gasteiger partial charge in [-0.25, -0.2) is 0 Å². The molecule has 6 nitrogen and oxygen atoms in total. The quantitative estimate of drug-likeness (QED) is 0.792. The number of hydrogen-bond acceptors (Lipinski definition) is 6. The monoisotopic (exact) mass is 333 g/mol. The van der Waals surface area contributed by atoms with Gasteiger partial charge in [0.1, 0.15) is 12.2 Å². The molecule has 2 heterocycles. The summed E-state index contributed by atoms with van der Waals surface area (Å²) in [7, 11) is 4.76. The van der Waals surface area contributed by atoms with Gasteiger partial charge in [-0.3, -0.25) is 4.90 Å². The van der Waals surface area contributed by atoms with Crippen LogP contribution in [-0.2, 0) is 11.3 Å². The fourth-order valence-electron chi connectivity index (χ4n) is 4.55. The molecule has 1 aliphatic carbocycles. The number of ether oxygens (including phenoxy) is 3. The molecule has 2 N–H and O–H groups in total. The van der Waals surface area contributed by atoms with Gasteiger partial charge >= 0.3 is 0 Å². The van der Waals surface area contributed by atoms with Gasteiger partial charge in [0, 0.05) is 32.2 Å². The van der Waals surface area contributed by atoms with Crippen molar-refractivity contribution in [1.82, 2.24) is 4.90 Å². The average Bonchev–Trinajstić information content (AvgIpc) is 3.01. The zero-order chi connectivity index (χ0) is 17.0. The molecule has 3 aliphatic rings. The fourth-order valence-corrected chi connectivity index (χ4v) is 4.55. The van der Waals surface area contributed by atoms with E-state index in [1.807, 2.05) is 12.1 Å². The van der Waals surface area contributed by atoms with Gasteiger partial charge in [0.15, 0.2) is 11.5 Å². The van der Waals surface area contributed by atoms with Crippen molar-refractivity contribution in [3.8, 4) is 11.5 Å². The van der Waals surface area contributed by atoms with Crippen molar-refractivity contribution in [2.75, 3.05) is 27.9 Å². The van der Waals surface area contributed by atoms with Gasteiger partial charge in [0.05, 0.1) is 20.3 Å². The highest BCUT2D eigenvalue weighted by molar-refractivity contribution is 5.53. The van der Waals surface area contributed by atoms with E-state index in [0.717, 1.165) is 29.8 Å². The summed E-state index contributed by atoms with van der Waals surface area (Å²) in [6, 6.07) is 3.95. The van der Waals surface area contributed by atoms with Crippen molar-refractivity contribution in [1.29, 1.82) is 0 Å². The molecule has 6 heteroatoms. The number of nitrogens with zero attached hydrogens (tertiary/aromatic N) is 1. The largest absolute Gasteiger partial charge is 0.493 e. The number of methoxy groups -OCH3 is 3. The molecular formula is C18H23NO5. The summed E-state index contributed by atoms with van der Waals surface area (Å²) >= 11 is 0. The zero-order valence-electron chi connectivity index (χ0n) is 14.1. The Morgan fingerprint density at radius 1 is 1.08 bits per heavy atom. The molecule has 1 aromatic rings. The molecule has 0 amide bonds. The SMILES string of the molecule is COc1cc2c(cc1OC)C1C(O)C(OC)C(O)C3=CCN(C2)C31. The van der Waals surface area contributed by atoms with E-state index in [9.17, 15) is 10.2 Å². The summed E-state index contributed by atoms with van der Waals surface area (Å²) in [6.45, 7) is 1.53. The van der Waals surface area contributed by atoms with Crippen molar-refractivity contribution < 1.29 is 24.4 Å². The molecule has 5 unspecified atom stereocenters. The van der Waals surface area contributed by atoms with Crippen LogP contribution in [0.25, 0.3) is 0 Å². The van der Waals surface area contributed by atoms with Crippen LogP contribution >= 0.6 is 0 Å². The van der Waals surface area contributed by atoms with Crippen LogP contribution in [0.5, 0.6) is 11.5 Å². The Kier molecular flexibility index (Phi) is 3.80. The molecule has 0 radical (unpaired) electrons. The van der Waals surface area contributed by atoms with Crippen LogP contribution in [0.1, 0.15) is 17.0 Å². The van der Waals surface area contributed by atoms with Crippen LogP contribution in [0.15, 0.2) is 23.8 Å². The molecular weight excluding hydrogens is 310 g/mol. The average molecular weight is 333 g/mol. The van der Waals surface area contributed by atoms with E-state index in [0.29, 0.717) is 11.5 Å². The van der Waals surface area contributed by atoms with E-state index < -0.39 is 18.3 Å². The molecule has 1 fully saturated rings. The highest BCUT2D eigenvalue weighted by Gasteiger charge is 2.53. The predicted octanol–water partition coefficient (Wildman–Crippen LogP) is 0.662. The van der Waals surface area contributed by atoms with Crippen molar-refractivity contribution in [2.24, 2.45) is 0 Å². The number of aliphatic hydroxyl groups is 2.